The van der Waals surface area contributed by atoms with Crippen LogP contribution in [0.3, 0.4) is 0 Å². The summed E-state index contributed by atoms with van der Waals surface area (Å²) in [6, 6.07) is 5.74. The Morgan fingerprint density at radius 3 is 2.41 bits per heavy atom. The lowest BCUT2D eigenvalue weighted by Gasteiger charge is -2.37. The molecule has 1 N–H and O–H groups in total. The lowest BCUT2D eigenvalue weighted by molar-refractivity contribution is 0.199. The molecule has 1 atom stereocenters. The summed E-state index contributed by atoms with van der Waals surface area (Å²) < 4.78 is 0. The third-order valence-electron chi connectivity index (χ3n) is 3.59. The highest BCUT2D eigenvalue weighted by Gasteiger charge is 2.23. The van der Waals surface area contributed by atoms with Gasteiger partial charge in [-0.2, -0.15) is 0 Å². The monoisotopic (exact) mass is 255 g/mol. The second-order valence-electron chi connectivity index (χ2n) is 5.11. The normalized spacial score (nSPS) is 13.6. The van der Waals surface area contributed by atoms with Crippen LogP contribution < -0.4 is 4.90 Å². The van der Waals surface area contributed by atoms with Gasteiger partial charge in [0, 0.05) is 12.6 Å². The van der Waals surface area contributed by atoms with Gasteiger partial charge in [-0.1, -0.05) is 24.6 Å². The molecule has 0 aliphatic carbocycles. The molecule has 1 aromatic carbocycles. The first-order valence-electron chi connectivity index (χ1n) is 6.01. The predicted molar refractivity (Wildman–Crippen MR) is 74.9 cm³/mol. The van der Waals surface area contributed by atoms with E-state index >= 15 is 0 Å². The van der Waals surface area contributed by atoms with Gasteiger partial charge < -0.3 is 10.0 Å². The highest BCUT2D eigenvalue weighted by molar-refractivity contribution is 6.33. The lowest BCUT2D eigenvalue weighted by atomic mass is 9.98. The van der Waals surface area contributed by atoms with E-state index in [9.17, 15) is 5.11 Å². The highest BCUT2D eigenvalue weighted by atomic mass is 35.5. The molecular formula is C14H22ClNO. The zero-order valence-electron chi connectivity index (χ0n) is 11.3. The number of anilines is 1. The Morgan fingerprint density at radius 2 is 2.00 bits per heavy atom. The molecule has 0 aliphatic heterocycles. The van der Waals surface area contributed by atoms with Crippen molar-refractivity contribution in [1.29, 1.82) is 0 Å². The molecule has 0 saturated carbocycles. The average Bonchev–Trinajstić information content (AvgIpc) is 2.27. The fraction of sp³-hybridized carbons (Fsp3) is 0.571. The van der Waals surface area contributed by atoms with Crippen molar-refractivity contribution in [3.8, 4) is 0 Å². The minimum absolute atomic E-state index is 0.0655. The number of benzene rings is 1. The molecule has 0 aliphatic rings. The Balaban J connectivity index is 3.08. The van der Waals surface area contributed by atoms with Gasteiger partial charge in [0.05, 0.1) is 16.8 Å². The molecule has 0 unspecified atom stereocenters. The summed E-state index contributed by atoms with van der Waals surface area (Å²) in [7, 11) is 2.05. The number of aliphatic hydroxyl groups excluding tert-OH is 1. The molecule has 96 valence electrons. The fourth-order valence-electron chi connectivity index (χ4n) is 1.62. The van der Waals surface area contributed by atoms with Crippen LogP contribution in [0, 0.1) is 0 Å². The maximum absolute atomic E-state index is 9.51. The smallest absolute Gasteiger partial charge is 0.0762 e. The molecule has 0 fully saturated rings. The van der Waals surface area contributed by atoms with E-state index in [1.54, 1.807) is 6.92 Å². The van der Waals surface area contributed by atoms with E-state index in [0.717, 1.165) is 17.7 Å². The van der Waals surface area contributed by atoms with Gasteiger partial charge in [-0.3, -0.25) is 0 Å². The average molecular weight is 256 g/mol. The number of aliphatic hydroxyl groups is 1. The van der Waals surface area contributed by atoms with Crippen molar-refractivity contribution in [3.05, 3.63) is 28.8 Å². The van der Waals surface area contributed by atoms with Crippen LogP contribution in [0.25, 0.3) is 0 Å². The third-order valence-corrected chi connectivity index (χ3v) is 3.89. The summed E-state index contributed by atoms with van der Waals surface area (Å²) in [5.41, 5.74) is 1.92. The van der Waals surface area contributed by atoms with Gasteiger partial charge in [-0.05, 0) is 44.9 Å². The van der Waals surface area contributed by atoms with Crippen LogP contribution in [-0.4, -0.2) is 17.7 Å². The Kier molecular flexibility index (Phi) is 4.45. The molecule has 3 heteroatoms. The van der Waals surface area contributed by atoms with Crippen LogP contribution >= 0.6 is 11.6 Å². The summed E-state index contributed by atoms with van der Waals surface area (Å²) in [5, 5.41) is 10.2. The highest BCUT2D eigenvalue weighted by Crippen LogP contribution is 2.33. The van der Waals surface area contributed by atoms with Gasteiger partial charge in [0.2, 0.25) is 0 Å². The van der Waals surface area contributed by atoms with Crippen LogP contribution in [0.5, 0.6) is 0 Å². The SMILES string of the molecule is CCC(C)(C)N(C)c1ccc([C@@H](C)O)cc1Cl. The summed E-state index contributed by atoms with van der Waals surface area (Å²) in [5.74, 6) is 0. The van der Waals surface area contributed by atoms with Crippen LogP contribution in [0.2, 0.25) is 5.02 Å². The first kappa shape index (κ1) is 14.3. The van der Waals surface area contributed by atoms with Crippen molar-refractivity contribution in [3.63, 3.8) is 0 Å². The zero-order valence-corrected chi connectivity index (χ0v) is 12.0. The van der Waals surface area contributed by atoms with Gasteiger partial charge in [0.1, 0.15) is 0 Å². The number of hydrogen-bond donors (Lipinski definition) is 1. The maximum Gasteiger partial charge on any atom is 0.0762 e. The molecule has 0 heterocycles. The molecule has 17 heavy (non-hydrogen) atoms. The molecule has 1 aromatic rings. The van der Waals surface area contributed by atoms with Crippen molar-refractivity contribution in [2.24, 2.45) is 0 Å². The Labute approximate surface area is 109 Å². The van der Waals surface area contributed by atoms with E-state index in [0.29, 0.717) is 5.02 Å². The Hall–Kier alpha value is -0.730. The van der Waals surface area contributed by atoms with Crippen LogP contribution in [0.1, 0.15) is 45.8 Å². The summed E-state index contributed by atoms with van der Waals surface area (Å²) in [4.78, 5) is 2.18. The third kappa shape index (κ3) is 3.14. The van der Waals surface area contributed by atoms with Gasteiger partial charge in [-0.25, -0.2) is 0 Å². The molecular weight excluding hydrogens is 234 g/mol. The van der Waals surface area contributed by atoms with Gasteiger partial charge in [0.15, 0.2) is 0 Å². The van der Waals surface area contributed by atoms with Gasteiger partial charge in [0.25, 0.3) is 0 Å². The van der Waals surface area contributed by atoms with Crippen LogP contribution in [0.15, 0.2) is 18.2 Å². The first-order valence-corrected chi connectivity index (χ1v) is 6.38. The largest absolute Gasteiger partial charge is 0.389 e. The van der Waals surface area contributed by atoms with E-state index in [4.69, 9.17) is 11.6 Å². The van der Waals surface area contributed by atoms with Gasteiger partial charge in [-0.15, -0.1) is 0 Å². The van der Waals surface area contributed by atoms with Crippen molar-refractivity contribution >= 4 is 17.3 Å². The zero-order chi connectivity index (χ0) is 13.2. The second-order valence-corrected chi connectivity index (χ2v) is 5.52. The quantitative estimate of drug-likeness (QED) is 0.879. The molecule has 0 amide bonds. The van der Waals surface area contributed by atoms with E-state index in [2.05, 4.69) is 25.7 Å². The molecule has 0 aromatic heterocycles. The first-order chi connectivity index (χ1) is 7.79. The number of nitrogens with zero attached hydrogens (tertiary/aromatic N) is 1. The van der Waals surface area contributed by atoms with Crippen molar-refractivity contribution in [2.45, 2.75) is 45.8 Å². The molecule has 1 rings (SSSR count). The molecule has 0 spiro atoms. The Bertz CT molecular complexity index is 388. The van der Waals surface area contributed by atoms with E-state index in [-0.39, 0.29) is 5.54 Å². The second kappa shape index (κ2) is 5.28. The topological polar surface area (TPSA) is 23.5 Å². The van der Waals surface area contributed by atoms with E-state index < -0.39 is 6.10 Å². The van der Waals surface area contributed by atoms with Crippen LogP contribution in [-0.2, 0) is 0 Å². The summed E-state index contributed by atoms with van der Waals surface area (Å²) >= 11 is 6.28. The van der Waals surface area contributed by atoms with E-state index in [1.807, 2.05) is 25.2 Å². The van der Waals surface area contributed by atoms with E-state index in [1.165, 1.54) is 0 Å². The lowest BCUT2D eigenvalue weighted by Crippen LogP contribution is -2.40. The Morgan fingerprint density at radius 1 is 1.41 bits per heavy atom. The number of rotatable bonds is 4. The minimum Gasteiger partial charge on any atom is -0.389 e. The fourth-order valence-corrected chi connectivity index (χ4v) is 1.93. The minimum atomic E-state index is -0.481. The van der Waals surface area contributed by atoms with Crippen LogP contribution in [0.4, 0.5) is 5.69 Å². The number of halogens is 1. The van der Waals surface area contributed by atoms with Gasteiger partial charge >= 0.3 is 0 Å². The molecule has 0 bridgehead atoms. The van der Waals surface area contributed by atoms with Crippen molar-refractivity contribution in [2.75, 3.05) is 11.9 Å². The molecule has 2 nitrogen and oxygen atoms in total. The predicted octanol–water partition coefficient (Wildman–Crippen LogP) is 4.02. The summed E-state index contributed by atoms with van der Waals surface area (Å²) in [6.07, 6.45) is 0.559. The maximum atomic E-state index is 9.51. The van der Waals surface area contributed by atoms with Crippen molar-refractivity contribution < 1.29 is 5.11 Å². The summed E-state index contributed by atoms with van der Waals surface area (Å²) in [6.45, 7) is 8.28. The molecule has 0 radical (unpaired) electrons. The molecule has 0 saturated heterocycles. The van der Waals surface area contributed by atoms with Crippen molar-refractivity contribution in [1.82, 2.24) is 0 Å². The number of hydrogen-bond acceptors (Lipinski definition) is 2. The standard InChI is InChI=1S/C14H22ClNO/c1-6-14(3,4)16(5)13-8-7-11(10(2)17)9-12(13)15/h7-10,17H,6H2,1-5H3/t10-/m1/s1.